The monoisotopic (exact) mass is 423 g/mol. The first-order valence-electron chi connectivity index (χ1n) is 7.87. The van der Waals surface area contributed by atoms with E-state index in [4.69, 9.17) is 9.57 Å². The number of anilines is 1. The normalized spacial score (nSPS) is 11.9. The molecule has 1 aromatic heterocycles. The number of ether oxygens (including phenoxy) is 1. The first-order chi connectivity index (χ1) is 13.4. The van der Waals surface area contributed by atoms with E-state index in [-0.39, 0.29) is 11.3 Å². The molecule has 0 aliphatic heterocycles. The third kappa shape index (κ3) is 6.24. The number of carbonyl (C=O) groups excluding carboxylic acids is 1. The Bertz CT molecular complexity index is 821. The van der Waals surface area contributed by atoms with Gasteiger partial charge in [-0.15, -0.1) is 0 Å². The quantitative estimate of drug-likeness (QED) is 0.558. The van der Waals surface area contributed by atoms with Gasteiger partial charge in [0.15, 0.2) is 0 Å². The number of hydrogen-bond acceptors (Lipinski definition) is 4. The van der Waals surface area contributed by atoms with Crippen molar-refractivity contribution in [3.63, 3.8) is 0 Å². The molecule has 1 heterocycles. The van der Waals surface area contributed by atoms with Crippen LogP contribution >= 0.6 is 0 Å². The molecule has 0 fully saturated rings. The molecular formula is C17H15F6N3O3. The molecule has 2 rings (SSSR count). The number of nitrogens with zero attached hydrogens (tertiary/aromatic N) is 2. The molecule has 1 N–H and O–H groups in total. The number of urea groups is 1. The Hall–Kier alpha value is -3.02. The van der Waals surface area contributed by atoms with Crippen molar-refractivity contribution in [2.24, 2.45) is 0 Å². The van der Waals surface area contributed by atoms with E-state index < -0.39 is 36.4 Å². The first-order valence-corrected chi connectivity index (χ1v) is 7.87. The van der Waals surface area contributed by atoms with Gasteiger partial charge in [0.05, 0.1) is 7.11 Å². The molecule has 0 bridgehead atoms. The minimum absolute atomic E-state index is 0.169. The van der Waals surface area contributed by atoms with Gasteiger partial charge in [-0.1, -0.05) is 0 Å². The number of pyridine rings is 1. The van der Waals surface area contributed by atoms with Gasteiger partial charge in [0, 0.05) is 12.7 Å². The highest BCUT2D eigenvalue weighted by Gasteiger charge is 2.38. The number of hydrogen-bond donors (Lipinski definition) is 1. The summed E-state index contributed by atoms with van der Waals surface area (Å²) in [7, 11) is 2.68. The highest BCUT2D eigenvalue weighted by atomic mass is 19.4. The van der Waals surface area contributed by atoms with Gasteiger partial charge >= 0.3 is 18.4 Å². The lowest BCUT2D eigenvalue weighted by Gasteiger charge is -2.15. The number of nitrogens with one attached hydrogen (secondary N) is 1. The number of benzene rings is 1. The summed E-state index contributed by atoms with van der Waals surface area (Å²) in [6, 6.07) is 6.07. The van der Waals surface area contributed by atoms with Gasteiger partial charge in [-0.2, -0.15) is 26.3 Å². The van der Waals surface area contributed by atoms with Gasteiger partial charge in [0.1, 0.15) is 23.7 Å². The standard InChI is InChI=1S/C17H15F6N3O3/c1-26(28-2)15(27)24-11-3-5-12(6-4-11)29-9-10-7-13(16(18,19)20)25-14(8-10)17(21,22)23/h3-8H,9H2,1-2H3,(H,24,27). The van der Waals surface area contributed by atoms with Crippen molar-refractivity contribution < 1.29 is 40.7 Å². The molecule has 0 radical (unpaired) electrons. The van der Waals surface area contributed by atoms with Gasteiger partial charge in [0.25, 0.3) is 0 Å². The second-order valence-corrected chi connectivity index (χ2v) is 5.66. The summed E-state index contributed by atoms with van der Waals surface area (Å²) < 4.78 is 82.1. The minimum Gasteiger partial charge on any atom is -0.489 e. The fraction of sp³-hybridized carbons (Fsp3) is 0.294. The Morgan fingerprint density at radius 3 is 2.00 bits per heavy atom. The molecule has 158 valence electrons. The summed E-state index contributed by atoms with van der Waals surface area (Å²) in [5.74, 6) is 0.169. The zero-order chi connectivity index (χ0) is 21.8. The van der Waals surface area contributed by atoms with Gasteiger partial charge in [-0.3, -0.25) is 4.84 Å². The van der Waals surface area contributed by atoms with E-state index in [2.05, 4.69) is 10.3 Å². The number of aromatic nitrogens is 1. The van der Waals surface area contributed by atoms with E-state index in [9.17, 15) is 31.1 Å². The molecule has 1 aromatic carbocycles. The van der Waals surface area contributed by atoms with E-state index in [1.165, 1.54) is 38.4 Å². The summed E-state index contributed by atoms with van der Waals surface area (Å²) in [6.07, 6.45) is -10.1. The van der Waals surface area contributed by atoms with Crippen LogP contribution in [0.3, 0.4) is 0 Å². The summed E-state index contributed by atoms with van der Waals surface area (Å²) in [4.78, 5) is 19.0. The fourth-order valence-electron chi connectivity index (χ4n) is 2.05. The van der Waals surface area contributed by atoms with Crippen molar-refractivity contribution in [2.75, 3.05) is 19.5 Å². The lowest BCUT2D eigenvalue weighted by atomic mass is 10.2. The van der Waals surface area contributed by atoms with Gasteiger partial charge in [-0.25, -0.2) is 14.8 Å². The smallest absolute Gasteiger partial charge is 0.433 e. The Balaban J connectivity index is 2.12. The third-order valence-electron chi connectivity index (χ3n) is 3.54. The van der Waals surface area contributed by atoms with Gasteiger partial charge < -0.3 is 10.1 Å². The van der Waals surface area contributed by atoms with Crippen LogP contribution in [0.25, 0.3) is 0 Å². The molecule has 0 spiro atoms. The molecular weight excluding hydrogens is 408 g/mol. The molecule has 6 nitrogen and oxygen atoms in total. The zero-order valence-electron chi connectivity index (χ0n) is 15.1. The molecule has 0 aliphatic carbocycles. The van der Waals surface area contributed by atoms with Crippen molar-refractivity contribution in [3.8, 4) is 5.75 Å². The van der Waals surface area contributed by atoms with Crippen molar-refractivity contribution in [3.05, 3.63) is 53.3 Å². The summed E-state index contributed by atoms with van der Waals surface area (Å²) in [5, 5.41) is 3.42. The Morgan fingerprint density at radius 1 is 1.03 bits per heavy atom. The van der Waals surface area contributed by atoms with E-state index in [0.717, 1.165) is 5.06 Å². The van der Waals surface area contributed by atoms with Crippen LogP contribution in [0.5, 0.6) is 5.75 Å². The van der Waals surface area contributed by atoms with E-state index in [0.29, 0.717) is 17.8 Å². The largest absolute Gasteiger partial charge is 0.489 e. The molecule has 0 unspecified atom stereocenters. The summed E-state index contributed by atoms with van der Waals surface area (Å²) >= 11 is 0. The SMILES string of the molecule is CON(C)C(=O)Nc1ccc(OCc2cc(C(F)(F)F)nc(C(F)(F)F)c2)cc1. The van der Waals surface area contributed by atoms with Crippen LogP contribution in [-0.2, 0) is 23.8 Å². The average Bonchev–Trinajstić information content (AvgIpc) is 2.65. The number of rotatable bonds is 5. The summed E-state index contributed by atoms with van der Waals surface area (Å²) in [6.45, 7) is -0.549. The topological polar surface area (TPSA) is 63.7 Å². The van der Waals surface area contributed by atoms with Crippen LogP contribution in [0.4, 0.5) is 36.8 Å². The second-order valence-electron chi connectivity index (χ2n) is 5.66. The zero-order valence-corrected chi connectivity index (χ0v) is 15.1. The van der Waals surface area contributed by atoms with E-state index >= 15 is 0 Å². The highest BCUT2D eigenvalue weighted by Crippen LogP contribution is 2.34. The van der Waals surface area contributed by atoms with E-state index in [1.807, 2.05) is 0 Å². The first kappa shape index (κ1) is 22.3. The fourth-order valence-corrected chi connectivity index (χ4v) is 2.05. The van der Waals surface area contributed by atoms with Crippen LogP contribution in [-0.4, -0.2) is 30.2 Å². The maximum atomic E-state index is 12.8. The van der Waals surface area contributed by atoms with Crippen molar-refractivity contribution in [2.45, 2.75) is 19.0 Å². The minimum atomic E-state index is -5.04. The Kier molecular flexibility index (Phi) is 6.57. The van der Waals surface area contributed by atoms with Crippen molar-refractivity contribution in [1.82, 2.24) is 10.0 Å². The van der Waals surface area contributed by atoms with Crippen LogP contribution < -0.4 is 10.1 Å². The molecule has 29 heavy (non-hydrogen) atoms. The molecule has 0 saturated carbocycles. The lowest BCUT2D eigenvalue weighted by Crippen LogP contribution is -2.30. The number of halogens is 6. The molecule has 12 heteroatoms. The Labute approximate surface area is 161 Å². The predicted octanol–water partition coefficient (Wildman–Crippen LogP) is 4.72. The molecule has 0 aliphatic rings. The second kappa shape index (κ2) is 8.55. The van der Waals surface area contributed by atoms with E-state index in [1.54, 1.807) is 0 Å². The van der Waals surface area contributed by atoms with Crippen LogP contribution in [0.1, 0.15) is 17.0 Å². The summed E-state index contributed by atoms with van der Waals surface area (Å²) in [5.41, 5.74) is -3.30. The average molecular weight is 423 g/mol. The van der Waals surface area contributed by atoms with Crippen molar-refractivity contribution >= 4 is 11.7 Å². The third-order valence-corrected chi connectivity index (χ3v) is 3.54. The molecule has 2 amide bonds. The van der Waals surface area contributed by atoms with Crippen LogP contribution in [0.15, 0.2) is 36.4 Å². The highest BCUT2D eigenvalue weighted by molar-refractivity contribution is 5.88. The molecule has 0 atom stereocenters. The number of hydroxylamine groups is 2. The number of amides is 2. The lowest BCUT2D eigenvalue weighted by molar-refractivity contribution is -0.150. The number of alkyl halides is 6. The van der Waals surface area contributed by atoms with Gasteiger partial charge in [-0.05, 0) is 42.0 Å². The molecule has 0 saturated heterocycles. The predicted molar refractivity (Wildman–Crippen MR) is 88.8 cm³/mol. The Morgan fingerprint density at radius 2 is 1.55 bits per heavy atom. The van der Waals surface area contributed by atoms with Crippen LogP contribution in [0, 0.1) is 0 Å². The van der Waals surface area contributed by atoms with Gasteiger partial charge in [0.2, 0.25) is 0 Å². The molecule has 2 aromatic rings. The number of carbonyl (C=O) groups is 1. The van der Waals surface area contributed by atoms with Crippen LogP contribution in [0.2, 0.25) is 0 Å². The van der Waals surface area contributed by atoms with Crippen molar-refractivity contribution in [1.29, 1.82) is 0 Å². The maximum absolute atomic E-state index is 12.8. The maximum Gasteiger partial charge on any atom is 0.433 e.